The first-order valence-corrected chi connectivity index (χ1v) is 3.71. The number of nitrogen functional groups attached to an aromatic ring is 1. The van der Waals surface area contributed by atoms with Gasteiger partial charge in [0, 0.05) is 6.07 Å². The van der Waals surface area contributed by atoms with Crippen LogP contribution in [-0.4, -0.2) is 22.9 Å². The van der Waals surface area contributed by atoms with Crippen molar-refractivity contribution in [2.75, 3.05) is 17.6 Å². The Hall–Kier alpha value is -1.46. The van der Waals surface area contributed by atoms with E-state index in [0.29, 0.717) is 11.6 Å². The van der Waals surface area contributed by atoms with E-state index in [-0.39, 0.29) is 5.82 Å². The normalized spacial score (nSPS) is 10.5. The van der Waals surface area contributed by atoms with Gasteiger partial charge in [0.25, 0.3) is 6.43 Å². The number of hydrogen-bond acceptors (Lipinski definition) is 4. The van der Waals surface area contributed by atoms with Gasteiger partial charge < -0.3 is 11.1 Å². The molecule has 13 heavy (non-hydrogen) atoms. The second-order valence-electron chi connectivity index (χ2n) is 2.50. The van der Waals surface area contributed by atoms with Gasteiger partial charge in [-0.2, -0.15) is 0 Å². The molecule has 1 heterocycles. The van der Waals surface area contributed by atoms with Gasteiger partial charge in [-0.05, 0) is 6.92 Å². The summed E-state index contributed by atoms with van der Waals surface area (Å²) in [6.45, 7) is 1.21. The van der Waals surface area contributed by atoms with Gasteiger partial charge in [0.2, 0.25) is 0 Å². The minimum atomic E-state index is -2.41. The number of nitrogens with one attached hydrogen (secondary N) is 1. The lowest BCUT2D eigenvalue weighted by Gasteiger charge is -2.05. The Bertz CT molecular complexity index is 270. The molecule has 0 aliphatic rings. The average Bonchev–Trinajstić information content (AvgIpc) is 1.99. The number of halogens is 2. The lowest BCUT2D eigenvalue weighted by atomic mass is 10.5. The summed E-state index contributed by atoms with van der Waals surface area (Å²) in [5, 5.41) is 2.44. The molecule has 0 fully saturated rings. The number of aromatic nitrogens is 2. The first kappa shape index (κ1) is 9.63. The summed E-state index contributed by atoms with van der Waals surface area (Å²) in [6, 6.07) is 1.41. The summed E-state index contributed by atoms with van der Waals surface area (Å²) in [6.07, 6.45) is -2.41. The highest BCUT2D eigenvalue weighted by molar-refractivity contribution is 5.44. The summed E-state index contributed by atoms with van der Waals surface area (Å²) in [5.41, 5.74) is 5.39. The Labute approximate surface area is 74.2 Å². The topological polar surface area (TPSA) is 63.8 Å². The molecule has 0 aromatic carbocycles. The zero-order chi connectivity index (χ0) is 9.84. The molecule has 0 radical (unpaired) electrons. The molecule has 0 saturated heterocycles. The smallest absolute Gasteiger partial charge is 0.255 e. The number of aryl methyl sites for hydroxylation is 1. The number of anilines is 2. The van der Waals surface area contributed by atoms with Crippen LogP contribution < -0.4 is 11.1 Å². The Morgan fingerprint density at radius 2 is 2.23 bits per heavy atom. The minimum absolute atomic E-state index is 0.268. The number of hydrogen-bond donors (Lipinski definition) is 2. The molecular weight excluding hydrogens is 178 g/mol. The lowest BCUT2D eigenvalue weighted by Crippen LogP contribution is -2.12. The molecule has 0 aliphatic carbocycles. The largest absolute Gasteiger partial charge is 0.384 e. The predicted octanol–water partition coefficient (Wildman–Crippen LogP) is 1.04. The monoisotopic (exact) mass is 188 g/mol. The third-order valence-electron chi connectivity index (χ3n) is 1.30. The van der Waals surface area contributed by atoms with Gasteiger partial charge in [-0.25, -0.2) is 18.7 Å². The maximum Gasteiger partial charge on any atom is 0.255 e. The van der Waals surface area contributed by atoms with E-state index >= 15 is 0 Å². The molecule has 0 aliphatic heterocycles. The third-order valence-corrected chi connectivity index (χ3v) is 1.30. The fourth-order valence-corrected chi connectivity index (χ4v) is 0.863. The van der Waals surface area contributed by atoms with Gasteiger partial charge in [-0.15, -0.1) is 0 Å². The molecule has 0 saturated carbocycles. The van der Waals surface area contributed by atoms with E-state index in [1.807, 2.05) is 0 Å². The Morgan fingerprint density at radius 1 is 1.54 bits per heavy atom. The quantitative estimate of drug-likeness (QED) is 0.744. The summed E-state index contributed by atoms with van der Waals surface area (Å²) in [7, 11) is 0. The molecule has 0 atom stereocenters. The molecule has 72 valence electrons. The fourth-order valence-electron chi connectivity index (χ4n) is 0.863. The standard InChI is InChI=1S/C7H10F2N4/c1-4-12-6(10)2-7(13-4)11-3-5(8)9/h2,5H,3H2,1H3,(H3,10,11,12,13). The van der Waals surface area contributed by atoms with Crippen molar-refractivity contribution < 1.29 is 8.78 Å². The number of nitrogens with two attached hydrogens (primary N) is 1. The maximum absolute atomic E-state index is 11.8. The van der Waals surface area contributed by atoms with Crippen LogP contribution in [-0.2, 0) is 0 Å². The molecule has 0 amide bonds. The van der Waals surface area contributed by atoms with E-state index in [2.05, 4.69) is 15.3 Å². The van der Waals surface area contributed by atoms with E-state index in [9.17, 15) is 8.78 Å². The fraction of sp³-hybridized carbons (Fsp3) is 0.429. The van der Waals surface area contributed by atoms with Crippen LogP contribution >= 0.6 is 0 Å². The average molecular weight is 188 g/mol. The van der Waals surface area contributed by atoms with Crippen molar-refractivity contribution in [1.29, 1.82) is 0 Å². The van der Waals surface area contributed by atoms with E-state index in [0.717, 1.165) is 0 Å². The second kappa shape index (κ2) is 3.97. The van der Waals surface area contributed by atoms with Gasteiger partial charge >= 0.3 is 0 Å². The highest BCUT2D eigenvalue weighted by atomic mass is 19.3. The molecule has 0 unspecified atom stereocenters. The molecule has 1 aromatic heterocycles. The van der Waals surface area contributed by atoms with Crippen molar-refractivity contribution in [2.45, 2.75) is 13.3 Å². The Balaban J connectivity index is 2.66. The molecule has 3 N–H and O–H groups in total. The maximum atomic E-state index is 11.8. The zero-order valence-electron chi connectivity index (χ0n) is 7.09. The van der Waals surface area contributed by atoms with E-state index < -0.39 is 13.0 Å². The molecule has 6 heteroatoms. The van der Waals surface area contributed by atoms with E-state index in [4.69, 9.17) is 5.73 Å². The van der Waals surface area contributed by atoms with Crippen molar-refractivity contribution in [3.63, 3.8) is 0 Å². The van der Waals surface area contributed by atoms with Gasteiger partial charge in [0.15, 0.2) is 0 Å². The van der Waals surface area contributed by atoms with Crippen LogP contribution in [0.5, 0.6) is 0 Å². The van der Waals surface area contributed by atoms with E-state index in [1.165, 1.54) is 6.07 Å². The molecule has 1 aromatic rings. The zero-order valence-corrected chi connectivity index (χ0v) is 7.09. The number of nitrogens with zero attached hydrogens (tertiary/aromatic N) is 2. The number of rotatable bonds is 3. The number of alkyl halides is 2. The van der Waals surface area contributed by atoms with Crippen LogP contribution in [0, 0.1) is 6.92 Å². The minimum Gasteiger partial charge on any atom is -0.384 e. The summed E-state index contributed by atoms with van der Waals surface area (Å²) >= 11 is 0. The molecule has 1 rings (SSSR count). The highest BCUT2D eigenvalue weighted by Crippen LogP contribution is 2.07. The molecule has 0 spiro atoms. The summed E-state index contributed by atoms with van der Waals surface area (Å²) in [5.74, 6) is 1.05. The van der Waals surface area contributed by atoms with Crippen LogP contribution in [0.2, 0.25) is 0 Å². The highest BCUT2D eigenvalue weighted by Gasteiger charge is 2.03. The lowest BCUT2D eigenvalue weighted by molar-refractivity contribution is 0.163. The van der Waals surface area contributed by atoms with Crippen molar-refractivity contribution >= 4 is 11.6 Å². The summed E-state index contributed by atoms with van der Waals surface area (Å²) < 4.78 is 23.6. The molecule has 0 bridgehead atoms. The SMILES string of the molecule is Cc1nc(N)cc(NCC(F)F)n1. The van der Waals surface area contributed by atoms with Gasteiger partial charge in [0.1, 0.15) is 17.5 Å². The van der Waals surface area contributed by atoms with Gasteiger partial charge in [-0.3, -0.25) is 0 Å². The predicted molar refractivity (Wildman–Crippen MR) is 45.7 cm³/mol. The first-order valence-electron chi connectivity index (χ1n) is 3.71. The van der Waals surface area contributed by atoms with Crippen LogP contribution in [0.25, 0.3) is 0 Å². The van der Waals surface area contributed by atoms with Crippen molar-refractivity contribution in [3.05, 3.63) is 11.9 Å². The third kappa shape index (κ3) is 3.18. The van der Waals surface area contributed by atoms with Crippen molar-refractivity contribution in [2.24, 2.45) is 0 Å². The second-order valence-corrected chi connectivity index (χ2v) is 2.50. The van der Waals surface area contributed by atoms with Crippen molar-refractivity contribution in [1.82, 2.24) is 9.97 Å². The Morgan fingerprint density at radius 3 is 2.77 bits per heavy atom. The molecular formula is C7H10F2N4. The van der Waals surface area contributed by atoms with Gasteiger partial charge in [0.05, 0.1) is 6.54 Å². The van der Waals surface area contributed by atoms with Crippen LogP contribution in [0.1, 0.15) is 5.82 Å². The van der Waals surface area contributed by atoms with Gasteiger partial charge in [-0.1, -0.05) is 0 Å². The van der Waals surface area contributed by atoms with Crippen LogP contribution in [0.4, 0.5) is 20.4 Å². The molecule has 4 nitrogen and oxygen atoms in total. The first-order chi connectivity index (χ1) is 6.08. The Kier molecular flexibility index (Phi) is 2.94. The summed E-state index contributed by atoms with van der Waals surface area (Å²) in [4.78, 5) is 7.67. The van der Waals surface area contributed by atoms with E-state index in [1.54, 1.807) is 6.92 Å². The van der Waals surface area contributed by atoms with Crippen LogP contribution in [0.15, 0.2) is 6.07 Å². The van der Waals surface area contributed by atoms with Crippen molar-refractivity contribution in [3.8, 4) is 0 Å². The van der Waals surface area contributed by atoms with Crippen LogP contribution in [0.3, 0.4) is 0 Å².